The summed E-state index contributed by atoms with van der Waals surface area (Å²) in [5.41, 5.74) is 10.9. The van der Waals surface area contributed by atoms with Gasteiger partial charge in [0.25, 0.3) is 0 Å². The second-order valence-electron chi connectivity index (χ2n) is 5.80. The molecule has 2 aromatic carbocycles. The molecule has 0 saturated carbocycles. The van der Waals surface area contributed by atoms with E-state index in [-0.39, 0.29) is 6.61 Å². The highest BCUT2D eigenvalue weighted by Crippen LogP contribution is 2.25. The summed E-state index contributed by atoms with van der Waals surface area (Å²) >= 11 is 0. The van der Waals surface area contributed by atoms with Crippen LogP contribution in [0.5, 0.6) is 0 Å². The van der Waals surface area contributed by atoms with Crippen molar-refractivity contribution in [2.45, 2.75) is 20.1 Å². The third-order valence-electron chi connectivity index (χ3n) is 4.00. The average molecular weight is 321 g/mol. The molecule has 0 aliphatic heterocycles. The number of aromatic nitrogens is 2. The van der Waals surface area contributed by atoms with Gasteiger partial charge in [0.2, 0.25) is 5.91 Å². The van der Waals surface area contributed by atoms with Crippen LogP contribution in [-0.2, 0) is 13.2 Å². The van der Waals surface area contributed by atoms with Gasteiger partial charge in [-0.15, -0.1) is 0 Å². The van der Waals surface area contributed by atoms with E-state index in [0.717, 1.165) is 27.8 Å². The van der Waals surface area contributed by atoms with E-state index in [4.69, 9.17) is 10.8 Å². The van der Waals surface area contributed by atoms with E-state index in [9.17, 15) is 4.79 Å². The molecule has 0 bridgehead atoms. The van der Waals surface area contributed by atoms with Gasteiger partial charge in [-0.05, 0) is 41.3 Å². The number of aliphatic hydroxyl groups is 1. The van der Waals surface area contributed by atoms with Gasteiger partial charge in [0.15, 0.2) is 0 Å². The minimum Gasteiger partial charge on any atom is -0.392 e. The van der Waals surface area contributed by atoms with Crippen molar-refractivity contribution >= 4 is 5.91 Å². The lowest BCUT2D eigenvalue weighted by atomic mass is 9.97. The molecule has 0 aliphatic rings. The van der Waals surface area contributed by atoms with Gasteiger partial charge in [0.1, 0.15) is 0 Å². The first-order chi connectivity index (χ1) is 11.6. The lowest BCUT2D eigenvalue weighted by molar-refractivity contribution is 0.100. The van der Waals surface area contributed by atoms with Crippen molar-refractivity contribution < 1.29 is 9.90 Å². The van der Waals surface area contributed by atoms with Crippen molar-refractivity contribution in [1.82, 2.24) is 9.78 Å². The summed E-state index contributed by atoms with van der Waals surface area (Å²) < 4.78 is 1.79. The van der Waals surface area contributed by atoms with Crippen molar-refractivity contribution in [2.24, 2.45) is 5.73 Å². The van der Waals surface area contributed by atoms with Gasteiger partial charge in [0, 0.05) is 17.3 Å². The van der Waals surface area contributed by atoms with Crippen LogP contribution in [-0.4, -0.2) is 20.8 Å². The van der Waals surface area contributed by atoms with Crippen molar-refractivity contribution in [3.63, 3.8) is 0 Å². The number of aryl methyl sites for hydroxylation is 1. The summed E-state index contributed by atoms with van der Waals surface area (Å²) in [6.07, 6.45) is 3.49. The molecule has 1 aromatic heterocycles. The summed E-state index contributed by atoms with van der Waals surface area (Å²) in [7, 11) is 0. The molecule has 24 heavy (non-hydrogen) atoms. The molecule has 0 fully saturated rings. The smallest absolute Gasteiger partial charge is 0.248 e. The Morgan fingerprint density at radius 1 is 1.17 bits per heavy atom. The number of benzene rings is 2. The van der Waals surface area contributed by atoms with Crippen molar-refractivity contribution in [3.8, 4) is 11.1 Å². The van der Waals surface area contributed by atoms with Crippen LogP contribution in [0.1, 0.15) is 27.0 Å². The molecule has 5 nitrogen and oxygen atoms in total. The minimum atomic E-state index is -0.425. The minimum absolute atomic E-state index is 0.00554. The predicted octanol–water partition coefficient (Wildman–Crippen LogP) is 2.50. The van der Waals surface area contributed by atoms with Crippen LogP contribution in [0.4, 0.5) is 0 Å². The first kappa shape index (κ1) is 16.0. The number of amides is 1. The highest BCUT2D eigenvalue weighted by atomic mass is 16.3. The highest BCUT2D eigenvalue weighted by molar-refractivity contribution is 5.94. The third-order valence-corrected chi connectivity index (χ3v) is 4.00. The van der Waals surface area contributed by atoms with Crippen LogP contribution in [0.2, 0.25) is 0 Å². The second kappa shape index (κ2) is 6.68. The van der Waals surface area contributed by atoms with Crippen molar-refractivity contribution in [1.29, 1.82) is 0 Å². The lowest BCUT2D eigenvalue weighted by Gasteiger charge is -2.09. The fraction of sp³-hybridized carbons (Fsp3) is 0.158. The van der Waals surface area contributed by atoms with E-state index in [1.807, 2.05) is 49.5 Å². The van der Waals surface area contributed by atoms with Crippen LogP contribution >= 0.6 is 0 Å². The van der Waals surface area contributed by atoms with Crippen LogP contribution < -0.4 is 5.73 Å². The quantitative estimate of drug-likeness (QED) is 0.757. The molecule has 5 heteroatoms. The predicted molar refractivity (Wildman–Crippen MR) is 92.4 cm³/mol. The zero-order valence-electron chi connectivity index (χ0n) is 13.4. The Bertz CT molecular complexity index is 867. The number of nitrogens with zero attached hydrogens (tertiary/aromatic N) is 2. The maximum absolute atomic E-state index is 11.4. The first-order valence-electron chi connectivity index (χ1n) is 7.69. The molecule has 3 N–H and O–H groups in total. The molecule has 0 radical (unpaired) electrons. The maximum atomic E-state index is 11.4. The zero-order valence-corrected chi connectivity index (χ0v) is 13.4. The molecular formula is C19H19N3O2. The molecule has 0 atom stereocenters. The molecule has 1 heterocycles. The third kappa shape index (κ3) is 3.36. The van der Waals surface area contributed by atoms with Gasteiger partial charge in [0.05, 0.1) is 19.3 Å². The number of hydrogen-bond donors (Lipinski definition) is 2. The standard InChI is InChI=1S/C19H19N3O2/c1-13-2-5-17(19(20)24)8-18(13)16-6-3-14(4-7-16)10-22-11-15(12-23)9-21-22/h2-9,11,23H,10,12H2,1H3,(H2,20,24). The van der Waals surface area contributed by atoms with Crippen LogP contribution in [0.25, 0.3) is 11.1 Å². The van der Waals surface area contributed by atoms with Gasteiger partial charge in [-0.3, -0.25) is 9.48 Å². The molecular weight excluding hydrogens is 302 g/mol. The summed E-state index contributed by atoms with van der Waals surface area (Å²) in [4.78, 5) is 11.4. The number of primary amides is 1. The maximum Gasteiger partial charge on any atom is 0.248 e. The SMILES string of the molecule is Cc1ccc(C(N)=O)cc1-c1ccc(Cn2cc(CO)cn2)cc1. The van der Waals surface area contributed by atoms with Crippen molar-refractivity contribution in [3.05, 3.63) is 77.1 Å². The lowest BCUT2D eigenvalue weighted by Crippen LogP contribution is -2.10. The first-order valence-corrected chi connectivity index (χ1v) is 7.69. The molecule has 3 rings (SSSR count). The summed E-state index contributed by atoms with van der Waals surface area (Å²) in [6.45, 7) is 2.64. The number of rotatable bonds is 5. The molecule has 122 valence electrons. The van der Waals surface area contributed by atoms with Gasteiger partial charge >= 0.3 is 0 Å². The highest BCUT2D eigenvalue weighted by Gasteiger charge is 2.07. The van der Waals surface area contributed by atoms with Crippen LogP contribution in [0.15, 0.2) is 54.9 Å². The fourth-order valence-electron chi connectivity index (χ4n) is 2.64. The molecule has 0 unspecified atom stereocenters. The number of carbonyl (C=O) groups is 1. The molecule has 0 aliphatic carbocycles. The normalized spacial score (nSPS) is 10.8. The number of aliphatic hydroxyl groups excluding tert-OH is 1. The monoisotopic (exact) mass is 321 g/mol. The second-order valence-corrected chi connectivity index (χ2v) is 5.80. The fourth-order valence-corrected chi connectivity index (χ4v) is 2.64. The van der Waals surface area contributed by atoms with E-state index in [1.54, 1.807) is 16.9 Å². The summed E-state index contributed by atoms with van der Waals surface area (Å²) in [5, 5.41) is 13.3. The Labute approximate surface area is 140 Å². The Balaban J connectivity index is 1.84. The Morgan fingerprint density at radius 3 is 2.54 bits per heavy atom. The van der Waals surface area contributed by atoms with E-state index in [2.05, 4.69) is 5.10 Å². The van der Waals surface area contributed by atoms with E-state index in [1.165, 1.54) is 0 Å². The van der Waals surface area contributed by atoms with Gasteiger partial charge in [-0.2, -0.15) is 5.10 Å². The van der Waals surface area contributed by atoms with Gasteiger partial charge in [-0.1, -0.05) is 30.3 Å². The van der Waals surface area contributed by atoms with Gasteiger partial charge < -0.3 is 10.8 Å². The topological polar surface area (TPSA) is 81.1 Å². The average Bonchev–Trinajstić information content (AvgIpc) is 3.03. The largest absolute Gasteiger partial charge is 0.392 e. The van der Waals surface area contributed by atoms with E-state index in [0.29, 0.717) is 12.1 Å². The summed E-state index contributed by atoms with van der Waals surface area (Å²) in [5.74, 6) is -0.425. The molecule has 0 saturated heterocycles. The summed E-state index contributed by atoms with van der Waals surface area (Å²) in [6, 6.07) is 13.6. The Morgan fingerprint density at radius 2 is 1.92 bits per heavy atom. The van der Waals surface area contributed by atoms with E-state index >= 15 is 0 Å². The number of carbonyl (C=O) groups excluding carboxylic acids is 1. The van der Waals surface area contributed by atoms with Gasteiger partial charge in [-0.25, -0.2) is 0 Å². The zero-order chi connectivity index (χ0) is 17.1. The van der Waals surface area contributed by atoms with E-state index < -0.39 is 5.91 Å². The molecule has 3 aromatic rings. The van der Waals surface area contributed by atoms with Crippen LogP contribution in [0, 0.1) is 6.92 Å². The Hall–Kier alpha value is -2.92. The Kier molecular flexibility index (Phi) is 4.44. The molecule has 0 spiro atoms. The van der Waals surface area contributed by atoms with Crippen molar-refractivity contribution in [2.75, 3.05) is 0 Å². The molecule has 1 amide bonds. The number of nitrogens with two attached hydrogens (primary N) is 1. The number of hydrogen-bond acceptors (Lipinski definition) is 3. The van der Waals surface area contributed by atoms with Crippen LogP contribution in [0.3, 0.4) is 0 Å².